The predicted octanol–water partition coefficient (Wildman–Crippen LogP) is 1.16. The molecule has 136 valence electrons. The first-order valence-corrected chi connectivity index (χ1v) is 10.2. The summed E-state index contributed by atoms with van der Waals surface area (Å²) < 4.78 is 11.4. The van der Waals surface area contributed by atoms with Gasteiger partial charge in [-0.05, 0) is 30.5 Å². The first-order chi connectivity index (χ1) is 12.0. The third kappa shape index (κ3) is 4.46. The fourth-order valence-corrected chi connectivity index (χ4v) is 4.62. The van der Waals surface area contributed by atoms with E-state index in [9.17, 15) is 13.8 Å². The average molecular weight is 364 g/mol. The average Bonchev–Trinajstić information content (AvgIpc) is 2.62. The normalized spacial score (nSPS) is 23.0. The van der Waals surface area contributed by atoms with Gasteiger partial charge >= 0.3 is 5.97 Å². The molecule has 0 bridgehead atoms. The summed E-state index contributed by atoms with van der Waals surface area (Å²) in [5, 5.41) is 8.99. The molecule has 0 spiro atoms. The molecule has 2 heterocycles. The third-order valence-corrected chi connectivity index (χ3v) is 6.32. The number of aromatic carboxylic acids is 1. The molecule has 2 fully saturated rings. The zero-order valence-corrected chi connectivity index (χ0v) is 15.0. The van der Waals surface area contributed by atoms with Crippen LogP contribution in [-0.2, 0) is 15.6 Å². The molecular weight excluding hydrogens is 340 g/mol. The second-order valence-corrected chi connectivity index (χ2v) is 8.33. The van der Waals surface area contributed by atoms with Gasteiger partial charge in [-0.2, -0.15) is 0 Å². The fourth-order valence-electron chi connectivity index (χ4n) is 3.49. The smallest absolute Gasteiger partial charge is 0.335 e. The second-order valence-electron chi connectivity index (χ2n) is 6.64. The van der Waals surface area contributed by atoms with E-state index in [4.69, 9.17) is 5.11 Å². The molecule has 1 atom stereocenters. The zero-order chi connectivity index (χ0) is 17.8. The number of carboxylic acid groups (broad SMARTS) is 1. The number of hydrogen-bond acceptors (Lipinski definition) is 4. The van der Waals surface area contributed by atoms with Gasteiger partial charge in [-0.3, -0.25) is 13.9 Å². The molecule has 6 nitrogen and oxygen atoms in total. The van der Waals surface area contributed by atoms with Crippen LogP contribution in [0.3, 0.4) is 0 Å². The largest absolute Gasteiger partial charge is 0.478 e. The molecule has 2 saturated heterocycles. The highest BCUT2D eigenvalue weighted by molar-refractivity contribution is 7.85. The van der Waals surface area contributed by atoms with Crippen molar-refractivity contribution in [1.29, 1.82) is 0 Å². The minimum absolute atomic E-state index is 0.134. The van der Waals surface area contributed by atoms with E-state index in [1.54, 1.807) is 24.3 Å². The van der Waals surface area contributed by atoms with Crippen LogP contribution in [0.5, 0.6) is 0 Å². The van der Waals surface area contributed by atoms with Crippen LogP contribution in [-0.4, -0.2) is 75.2 Å². The minimum atomic E-state index is -0.953. The van der Waals surface area contributed by atoms with Crippen molar-refractivity contribution in [3.8, 4) is 0 Å². The molecule has 2 aliphatic rings. The predicted molar refractivity (Wildman–Crippen MR) is 96.3 cm³/mol. The number of benzene rings is 1. The third-order valence-electron chi connectivity index (χ3n) is 5.05. The lowest BCUT2D eigenvalue weighted by Gasteiger charge is -2.35. The van der Waals surface area contributed by atoms with Gasteiger partial charge in [-0.1, -0.05) is 12.1 Å². The van der Waals surface area contributed by atoms with Gasteiger partial charge in [0.05, 0.1) is 11.5 Å². The number of amides is 1. The topological polar surface area (TPSA) is 77.9 Å². The number of carboxylic acids is 1. The summed E-state index contributed by atoms with van der Waals surface area (Å²) >= 11 is 0. The SMILES string of the molecule is O=C(O)c1ccc(C2CCCN(CCN3CCS(=O)CC3)C2=O)cc1. The Morgan fingerprint density at radius 1 is 1.12 bits per heavy atom. The van der Waals surface area contributed by atoms with Crippen LogP contribution in [0.25, 0.3) is 0 Å². The summed E-state index contributed by atoms with van der Waals surface area (Å²) in [5.41, 5.74) is 1.14. The van der Waals surface area contributed by atoms with Crippen molar-refractivity contribution in [3.63, 3.8) is 0 Å². The first-order valence-electron chi connectivity index (χ1n) is 8.74. The molecule has 1 unspecified atom stereocenters. The van der Waals surface area contributed by atoms with Crippen molar-refractivity contribution in [2.45, 2.75) is 18.8 Å². The molecule has 25 heavy (non-hydrogen) atoms. The highest BCUT2D eigenvalue weighted by Gasteiger charge is 2.30. The molecule has 0 aliphatic carbocycles. The second kappa shape index (κ2) is 8.10. The van der Waals surface area contributed by atoms with E-state index in [1.807, 2.05) is 4.90 Å². The van der Waals surface area contributed by atoms with E-state index < -0.39 is 16.8 Å². The number of piperidine rings is 1. The maximum atomic E-state index is 12.8. The van der Waals surface area contributed by atoms with Crippen molar-refractivity contribution >= 4 is 22.7 Å². The van der Waals surface area contributed by atoms with Crippen molar-refractivity contribution in [1.82, 2.24) is 9.80 Å². The van der Waals surface area contributed by atoms with Gasteiger partial charge in [0.2, 0.25) is 5.91 Å². The van der Waals surface area contributed by atoms with Gasteiger partial charge in [0.15, 0.2) is 0 Å². The molecule has 0 aromatic heterocycles. The van der Waals surface area contributed by atoms with Crippen LogP contribution in [0.15, 0.2) is 24.3 Å². The number of hydrogen-bond donors (Lipinski definition) is 1. The summed E-state index contributed by atoms with van der Waals surface area (Å²) in [6.07, 6.45) is 1.77. The Labute approximate surface area is 150 Å². The Balaban J connectivity index is 1.58. The Morgan fingerprint density at radius 2 is 1.80 bits per heavy atom. The standard InChI is InChI=1S/C18H24N2O4S/c21-17-16(14-3-5-15(6-4-14)18(22)23)2-1-7-20(17)9-8-19-10-12-25(24)13-11-19/h3-6,16H,1-2,7-13H2,(H,22,23). The maximum Gasteiger partial charge on any atom is 0.335 e. The van der Waals surface area contributed by atoms with E-state index in [1.165, 1.54) is 0 Å². The van der Waals surface area contributed by atoms with Crippen molar-refractivity contribution in [3.05, 3.63) is 35.4 Å². The number of nitrogens with zero attached hydrogens (tertiary/aromatic N) is 2. The van der Waals surface area contributed by atoms with Crippen LogP contribution in [0.4, 0.5) is 0 Å². The molecule has 7 heteroatoms. The van der Waals surface area contributed by atoms with E-state index in [-0.39, 0.29) is 17.4 Å². The van der Waals surface area contributed by atoms with E-state index >= 15 is 0 Å². The summed E-state index contributed by atoms with van der Waals surface area (Å²) in [6, 6.07) is 6.65. The highest BCUT2D eigenvalue weighted by Crippen LogP contribution is 2.28. The van der Waals surface area contributed by atoms with Gasteiger partial charge in [0.1, 0.15) is 0 Å². The van der Waals surface area contributed by atoms with Crippen molar-refractivity contribution in [2.24, 2.45) is 0 Å². The van der Waals surface area contributed by atoms with Crippen LogP contribution < -0.4 is 0 Å². The Morgan fingerprint density at radius 3 is 2.44 bits per heavy atom. The lowest BCUT2D eigenvalue weighted by molar-refractivity contribution is -0.135. The van der Waals surface area contributed by atoms with E-state index in [0.717, 1.165) is 56.1 Å². The first kappa shape index (κ1) is 18.1. The molecule has 1 amide bonds. The van der Waals surface area contributed by atoms with Gasteiger partial charge in [-0.25, -0.2) is 4.79 Å². The van der Waals surface area contributed by atoms with Crippen LogP contribution in [0.1, 0.15) is 34.7 Å². The molecule has 0 saturated carbocycles. The minimum Gasteiger partial charge on any atom is -0.478 e. The molecular formula is C18H24N2O4S. The monoisotopic (exact) mass is 364 g/mol. The number of rotatable bonds is 5. The Hall–Kier alpha value is -1.73. The summed E-state index contributed by atoms with van der Waals surface area (Å²) in [5.74, 6) is 0.463. The van der Waals surface area contributed by atoms with Gasteiger partial charge in [0.25, 0.3) is 0 Å². The van der Waals surface area contributed by atoms with Gasteiger partial charge in [-0.15, -0.1) is 0 Å². The molecule has 1 aromatic rings. The molecule has 2 aliphatic heterocycles. The van der Waals surface area contributed by atoms with Crippen molar-refractivity contribution < 1.29 is 18.9 Å². The molecule has 1 aromatic carbocycles. The lowest BCUT2D eigenvalue weighted by Crippen LogP contribution is -2.46. The van der Waals surface area contributed by atoms with Crippen LogP contribution in [0.2, 0.25) is 0 Å². The highest BCUT2D eigenvalue weighted by atomic mass is 32.2. The fraction of sp³-hybridized carbons (Fsp3) is 0.556. The molecule has 3 rings (SSSR count). The van der Waals surface area contributed by atoms with Crippen LogP contribution >= 0.6 is 0 Å². The quantitative estimate of drug-likeness (QED) is 0.848. The summed E-state index contributed by atoms with van der Waals surface area (Å²) in [6.45, 7) is 3.99. The lowest BCUT2D eigenvalue weighted by atomic mass is 9.89. The van der Waals surface area contributed by atoms with E-state index in [2.05, 4.69) is 4.90 Å². The number of carbonyl (C=O) groups excluding carboxylic acids is 1. The molecule has 0 radical (unpaired) electrons. The Bertz CT molecular complexity index is 652. The number of likely N-dealkylation sites (tertiary alicyclic amines) is 1. The summed E-state index contributed by atoms with van der Waals surface area (Å²) in [7, 11) is -0.676. The zero-order valence-electron chi connectivity index (χ0n) is 14.2. The summed E-state index contributed by atoms with van der Waals surface area (Å²) in [4.78, 5) is 28.0. The maximum absolute atomic E-state index is 12.8. The molecule has 1 N–H and O–H groups in total. The van der Waals surface area contributed by atoms with Crippen molar-refractivity contribution in [2.75, 3.05) is 44.2 Å². The van der Waals surface area contributed by atoms with Gasteiger partial charge in [0, 0.05) is 55.0 Å². The Kier molecular flexibility index (Phi) is 5.86. The van der Waals surface area contributed by atoms with Crippen LogP contribution in [0, 0.1) is 0 Å². The van der Waals surface area contributed by atoms with Gasteiger partial charge < -0.3 is 10.0 Å². The number of carbonyl (C=O) groups is 2. The van der Waals surface area contributed by atoms with E-state index in [0.29, 0.717) is 6.54 Å².